The normalized spacial score (nSPS) is 21.0. The molecule has 0 spiro atoms. The zero-order chi connectivity index (χ0) is 16.4. The Morgan fingerprint density at radius 3 is 2.55 bits per heavy atom. The summed E-state index contributed by atoms with van der Waals surface area (Å²) in [7, 11) is 0. The predicted molar refractivity (Wildman–Crippen MR) is 86.7 cm³/mol. The van der Waals surface area contributed by atoms with Gasteiger partial charge in [0, 0.05) is 0 Å². The maximum atomic E-state index is 12.5. The second kappa shape index (κ2) is 6.29. The van der Waals surface area contributed by atoms with E-state index in [9.17, 15) is 4.79 Å². The first kappa shape index (κ1) is 16.8. The van der Waals surface area contributed by atoms with Crippen LogP contribution in [0.25, 0.3) is 0 Å². The van der Waals surface area contributed by atoms with Crippen molar-refractivity contribution in [3.05, 3.63) is 35.9 Å². The van der Waals surface area contributed by atoms with Crippen molar-refractivity contribution in [3.63, 3.8) is 0 Å². The van der Waals surface area contributed by atoms with E-state index in [1.807, 2.05) is 52.8 Å². The van der Waals surface area contributed by atoms with Crippen LogP contribution in [0.15, 0.2) is 30.3 Å². The highest BCUT2D eigenvalue weighted by molar-refractivity contribution is 5.69. The lowest BCUT2D eigenvalue weighted by Gasteiger charge is -2.35. The van der Waals surface area contributed by atoms with Crippen LogP contribution >= 0.6 is 0 Å². The first-order chi connectivity index (χ1) is 10.2. The molecule has 1 aliphatic rings. The Bertz CT molecular complexity index is 505. The maximum absolute atomic E-state index is 12.5. The lowest BCUT2D eigenvalue weighted by Crippen LogP contribution is -2.49. The zero-order valence-corrected chi connectivity index (χ0v) is 14.3. The van der Waals surface area contributed by atoms with Crippen LogP contribution in [0.2, 0.25) is 0 Å². The van der Waals surface area contributed by atoms with E-state index in [-0.39, 0.29) is 12.1 Å². The molecule has 4 nitrogen and oxygen atoms in total. The van der Waals surface area contributed by atoms with Gasteiger partial charge in [-0.25, -0.2) is 4.79 Å². The first-order valence-electron chi connectivity index (χ1n) is 7.89. The third kappa shape index (κ3) is 4.23. The molecule has 0 aliphatic carbocycles. The molecule has 0 radical (unpaired) electrons. The van der Waals surface area contributed by atoms with E-state index < -0.39 is 11.3 Å². The molecular formula is C18H27NO3. The number of amides is 1. The number of aryl methyl sites for hydroxylation is 1. The van der Waals surface area contributed by atoms with Crippen LogP contribution in [0.4, 0.5) is 4.79 Å². The van der Waals surface area contributed by atoms with Crippen LogP contribution in [0.3, 0.4) is 0 Å². The standard InChI is InChI=1S/C18H27NO3/c1-17(2,3)22-16(20)19-15(13-21-18(19,4)5)12-11-14-9-7-6-8-10-14/h6-10,15H,11-13H2,1-5H3/t15-/m1/s1. The molecule has 1 aromatic rings. The van der Waals surface area contributed by atoms with Crippen molar-refractivity contribution < 1.29 is 14.3 Å². The van der Waals surface area contributed by atoms with Crippen molar-refractivity contribution in [1.29, 1.82) is 0 Å². The molecule has 0 unspecified atom stereocenters. The van der Waals surface area contributed by atoms with Gasteiger partial charge in [0.1, 0.15) is 11.3 Å². The SMILES string of the molecule is CC(C)(C)OC(=O)N1[C@H](CCc2ccccc2)COC1(C)C. The third-order valence-corrected chi connectivity index (χ3v) is 3.77. The van der Waals surface area contributed by atoms with Gasteiger partial charge in [0.15, 0.2) is 0 Å². The number of ether oxygens (including phenoxy) is 2. The van der Waals surface area contributed by atoms with Crippen molar-refractivity contribution in [2.45, 2.75) is 64.8 Å². The minimum atomic E-state index is -0.621. The Hall–Kier alpha value is -1.55. The minimum Gasteiger partial charge on any atom is -0.444 e. The molecule has 1 amide bonds. The van der Waals surface area contributed by atoms with Crippen LogP contribution in [-0.2, 0) is 15.9 Å². The average Bonchev–Trinajstić information content (AvgIpc) is 2.71. The van der Waals surface area contributed by atoms with Crippen LogP contribution in [-0.4, -0.2) is 35.0 Å². The molecule has 2 rings (SSSR count). The van der Waals surface area contributed by atoms with Gasteiger partial charge in [-0.2, -0.15) is 0 Å². The van der Waals surface area contributed by atoms with Gasteiger partial charge >= 0.3 is 6.09 Å². The largest absolute Gasteiger partial charge is 0.444 e. The Labute approximate surface area is 133 Å². The number of rotatable bonds is 3. The lowest BCUT2D eigenvalue weighted by molar-refractivity contribution is -0.0626. The summed E-state index contributed by atoms with van der Waals surface area (Å²) >= 11 is 0. The first-order valence-corrected chi connectivity index (χ1v) is 7.89. The molecule has 22 heavy (non-hydrogen) atoms. The molecule has 1 saturated heterocycles. The molecular weight excluding hydrogens is 278 g/mol. The zero-order valence-electron chi connectivity index (χ0n) is 14.3. The van der Waals surface area contributed by atoms with Gasteiger partial charge < -0.3 is 9.47 Å². The fourth-order valence-electron chi connectivity index (χ4n) is 2.75. The van der Waals surface area contributed by atoms with Gasteiger partial charge in [-0.05, 0) is 53.0 Å². The van der Waals surface area contributed by atoms with Gasteiger partial charge in [0.2, 0.25) is 0 Å². The fraction of sp³-hybridized carbons (Fsp3) is 0.611. The van der Waals surface area contributed by atoms with E-state index >= 15 is 0 Å². The topological polar surface area (TPSA) is 38.8 Å². The molecule has 0 aromatic heterocycles. The highest BCUT2D eigenvalue weighted by Gasteiger charge is 2.45. The predicted octanol–water partition coefficient (Wildman–Crippen LogP) is 3.99. The van der Waals surface area contributed by atoms with Crippen LogP contribution < -0.4 is 0 Å². The summed E-state index contributed by atoms with van der Waals surface area (Å²) in [5, 5.41) is 0. The summed E-state index contributed by atoms with van der Waals surface area (Å²) in [6, 6.07) is 10.4. The van der Waals surface area contributed by atoms with Gasteiger partial charge in [-0.3, -0.25) is 4.90 Å². The van der Waals surface area contributed by atoms with Gasteiger partial charge in [0.25, 0.3) is 0 Å². The number of hydrogen-bond donors (Lipinski definition) is 0. The molecule has 122 valence electrons. The Morgan fingerprint density at radius 2 is 1.95 bits per heavy atom. The Kier molecular flexibility index (Phi) is 4.81. The molecule has 1 heterocycles. The van der Waals surface area contributed by atoms with Gasteiger partial charge in [-0.15, -0.1) is 0 Å². The van der Waals surface area contributed by atoms with E-state index in [2.05, 4.69) is 12.1 Å². The monoisotopic (exact) mass is 305 g/mol. The van der Waals surface area contributed by atoms with Crippen LogP contribution in [0.5, 0.6) is 0 Å². The quantitative estimate of drug-likeness (QED) is 0.847. The summed E-state index contributed by atoms with van der Waals surface area (Å²) < 4.78 is 11.4. The average molecular weight is 305 g/mol. The van der Waals surface area contributed by atoms with Crippen molar-refractivity contribution in [1.82, 2.24) is 4.90 Å². The Morgan fingerprint density at radius 1 is 1.32 bits per heavy atom. The summed E-state index contributed by atoms with van der Waals surface area (Å²) in [5.74, 6) is 0. The Balaban J connectivity index is 2.04. The summed E-state index contributed by atoms with van der Waals surface area (Å²) in [4.78, 5) is 14.3. The number of carbonyl (C=O) groups excluding carboxylic acids is 1. The number of carbonyl (C=O) groups is 1. The van der Waals surface area contributed by atoms with E-state index in [1.54, 1.807) is 4.90 Å². The molecule has 0 bridgehead atoms. The van der Waals surface area contributed by atoms with Crippen LogP contribution in [0, 0.1) is 0 Å². The highest BCUT2D eigenvalue weighted by atomic mass is 16.6. The minimum absolute atomic E-state index is 0.0463. The summed E-state index contributed by atoms with van der Waals surface area (Å²) in [6.45, 7) is 10.0. The second-order valence-corrected chi connectivity index (χ2v) is 7.29. The fourth-order valence-corrected chi connectivity index (χ4v) is 2.75. The van der Waals surface area contributed by atoms with Crippen LogP contribution in [0.1, 0.15) is 46.6 Å². The van der Waals surface area contributed by atoms with Crippen molar-refractivity contribution in [2.75, 3.05) is 6.61 Å². The van der Waals surface area contributed by atoms with Gasteiger partial charge in [-0.1, -0.05) is 30.3 Å². The number of nitrogens with zero attached hydrogens (tertiary/aromatic N) is 1. The van der Waals surface area contributed by atoms with Crippen molar-refractivity contribution in [2.24, 2.45) is 0 Å². The molecule has 1 aromatic carbocycles. The highest BCUT2D eigenvalue weighted by Crippen LogP contribution is 2.31. The molecule has 1 aliphatic heterocycles. The molecule has 0 saturated carbocycles. The van der Waals surface area contributed by atoms with E-state index in [4.69, 9.17) is 9.47 Å². The smallest absolute Gasteiger partial charge is 0.412 e. The summed E-state index contributed by atoms with van der Waals surface area (Å²) in [5.41, 5.74) is 0.153. The molecule has 0 N–H and O–H groups in total. The maximum Gasteiger partial charge on any atom is 0.412 e. The number of hydrogen-bond acceptors (Lipinski definition) is 3. The van der Waals surface area contributed by atoms with Gasteiger partial charge in [0.05, 0.1) is 12.6 Å². The third-order valence-electron chi connectivity index (χ3n) is 3.77. The van der Waals surface area contributed by atoms with Crippen molar-refractivity contribution >= 4 is 6.09 Å². The van der Waals surface area contributed by atoms with Crippen molar-refractivity contribution in [3.8, 4) is 0 Å². The van der Waals surface area contributed by atoms with E-state index in [0.717, 1.165) is 12.8 Å². The number of benzene rings is 1. The second-order valence-electron chi connectivity index (χ2n) is 7.29. The lowest BCUT2D eigenvalue weighted by atomic mass is 10.0. The van der Waals surface area contributed by atoms with E-state index in [1.165, 1.54) is 5.56 Å². The molecule has 4 heteroatoms. The molecule has 1 fully saturated rings. The summed E-state index contributed by atoms with van der Waals surface area (Å²) in [6.07, 6.45) is 1.49. The molecule has 1 atom stereocenters. The van der Waals surface area contributed by atoms with E-state index in [0.29, 0.717) is 6.61 Å².